The molecule has 0 aliphatic heterocycles. The van der Waals surface area contributed by atoms with Gasteiger partial charge in [0.2, 0.25) is 11.8 Å². The number of aryl methyl sites for hydroxylation is 1. The van der Waals surface area contributed by atoms with Crippen LogP contribution in [-0.4, -0.2) is 25.0 Å². The quantitative estimate of drug-likeness (QED) is 0.766. The van der Waals surface area contributed by atoms with Gasteiger partial charge in [-0.3, -0.25) is 9.59 Å². The summed E-state index contributed by atoms with van der Waals surface area (Å²) in [5.74, 6) is 0.0712. The van der Waals surface area contributed by atoms with E-state index >= 15 is 0 Å². The predicted molar refractivity (Wildman–Crippen MR) is 99.4 cm³/mol. The van der Waals surface area contributed by atoms with Crippen molar-refractivity contribution in [1.82, 2.24) is 5.32 Å². The molecule has 7 heteroatoms. The predicted octanol–water partition coefficient (Wildman–Crippen LogP) is 3.83. The topological polar surface area (TPSA) is 67.4 Å². The Kier molecular flexibility index (Phi) is 7.10. The molecule has 0 unspecified atom stereocenters. The maximum Gasteiger partial charge on any atom is 0.243 e. The zero-order valence-corrected chi connectivity index (χ0v) is 15.2. The lowest BCUT2D eigenvalue weighted by molar-refractivity contribution is -0.124. The smallest absolute Gasteiger partial charge is 0.243 e. The van der Waals surface area contributed by atoms with E-state index in [0.29, 0.717) is 15.7 Å². The highest BCUT2D eigenvalue weighted by atomic mass is 35.5. The standard InChI is InChI=1S/C18H18Cl2N2O3/c1-12-4-2-3-5-16(12)25-9-8-17(23)21-11-18(24)22-15-10-13(19)6-7-14(15)20/h2-7,10H,8-9,11H2,1H3,(H,21,23)(H,22,24). The number of ether oxygens (including phenoxy) is 1. The number of carbonyl (C=O) groups is 2. The Morgan fingerprint density at radius 2 is 1.84 bits per heavy atom. The van der Waals surface area contributed by atoms with Crippen LogP contribution < -0.4 is 15.4 Å². The molecule has 0 aliphatic carbocycles. The van der Waals surface area contributed by atoms with Crippen molar-refractivity contribution in [2.75, 3.05) is 18.5 Å². The van der Waals surface area contributed by atoms with Gasteiger partial charge in [0.1, 0.15) is 5.75 Å². The van der Waals surface area contributed by atoms with Crippen LogP contribution in [0.2, 0.25) is 10.0 Å². The van der Waals surface area contributed by atoms with Gasteiger partial charge in [0, 0.05) is 5.02 Å². The third-order valence-electron chi connectivity index (χ3n) is 3.33. The van der Waals surface area contributed by atoms with Gasteiger partial charge in [-0.25, -0.2) is 0 Å². The lowest BCUT2D eigenvalue weighted by Crippen LogP contribution is -2.33. The van der Waals surface area contributed by atoms with Gasteiger partial charge in [0.15, 0.2) is 0 Å². The molecule has 0 fully saturated rings. The Bertz CT molecular complexity index is 766. The molecule has 0 bridgehead atoms. The van der Waals surface area contributed by atoms with Gasteiger partial charge in [0.25, 0.3) is 0 Å². The van der Waals surface area contributed by atoms with Gasteiger partial charge < -0.3 is 15.4 Å². The molecule has 2 rings (SSSR count). The van der Waals surface area contributed by atoms with Crippen molar-refractivity contribution in [2.24, 2.45) is 0 Å². The Morgan fingerprint density at radius 1 is 1.08 bits per heavy atom. The minimum atomic E-state index is -0.391. The normalized spacial score (nSPS) is 10.2. The summed E-state index contributed by atoms with van der Waals surface area (Å²) in [6, 6.07) is 12.3. The second-order valence-corrected chi connectivity index (χ2v) is 6.16. The summed E-state index contributed by atoms with van der Waals surface area (Å²) in [6.07, 6.45) is 0.152. The number of rotatable bonds is 7. The molecule has 2 amide bonds. The molecule has 2 aromatic carbocycles. The molecule has 2 N–H and O–H groups in total. The summed E-state index contributed by atoms with van der Waals surface area (Å²) in [5, 5.41) is 5.95. The summed E-state index contributed by atoms with van der Waals surface area (Å²) in [7, 11) is 0. The van der Waals surface area contributed by atoms with Gasteiger partial charge in [-0.15, -0.1) is 0 Å². The van der Waals surface area contributed by atoms with E-state index < -0.39 is 5.91 Å². The molecule has 0 radical (unpaired) electrons. The van der Waals surface area contributed by atoms with E-state index in [4.69, 9.17) is 27.9 Å². The molecule has 0 aliphatic rings. The number of hydrogen-bond donors (Lipinski definition) is 2. The van der Waals surface area contributed by atoms with Crippen LogP contribution in [0.15, 0.2) is 42.5 Å². The van der Waals surface area contributed by atoms with Crippen molar-refractivity contribution in [3.05, 3.63) is 58.1 Å². The number of benzene rings is 2. The van der Waals surface area contributed by atoms with Crippen molar-refractivity contribution >= 4 is 40.7 Å². The van der Waals surface area contributed by atoms with Crippen LogP contribution in [0.4, 0.5) is 5.69 Å². The first-order valence-corrected chi connectivity index (χ1v) is 8.41. The Labute approximate surface area is 156 Å². The van der Waals surface area contributed by atoms with Gasteiger partial charge in [-0.1, -0.05) is 41.4 Å². The Morgan fingerprint density at radius 3 is 2.60 bits per heavy atom. The number of amides is 2. The van der Waals surface area contributed by atoms with E-state index in [1.807, 2.05) is 31.2 Å². The van der Waals surface area contributed by atoms with Crippen LogP contribution in [-0.2, 0) is 9.59 Å². The zero-order chi connectivity index (χ0) is 18.2. The summed E-state index contributed by atoms with van der Waals surface area (Å²) in [6.45, 7) is 2.01. The number of nitrogens with one attached hydrogen (secondary N) is 2. The summed E-state index contributed by atoms with van der Waals surface area (Å²) < 4.78 is 5.55. The van der Waals surface area contributed by atoms with Crippen molar-refractivity contribution in [1.29, 1.82) is 0 Å². The van der Waals surface area contributed by atoms with Crippen molar-refractivity contribution < 1.29 is 14.3 Å². The first kappa shape index (κ1) is 19.1. The third-order valence-corrected chi connectivity index (χ3v) is 3.89. The van der Waals surface area contributed by atoms with Gasteiger partial charge >= 0.3 is 0 Å². The van der Waals surface area contributed by atoms with Crippen LogP contribution in [0.25, 0.3) is 0 Å². The highest BCUT2D eigenvalue weighted by Crippen LogP contribution is 2.25. The van der Waals surface area contributed by atoms with E-state index in [2.05, 4.69) is 10.6 Å². The van der Waals surface area contributed by atoms with Crippen molar-refractivity contribution in [2.45, 2.75) is 13.3 Å². The van der Waals surface area contributed by atoms with Gasteiger partial charge in [0.05, 0.1) is 30.3 Å². The molecular formula is C18H18Cl2N2O3. The second-order valence-electron chi connectivity index (χ2n) is 5.31. The first-order chi connectivity index (χ1) is 12.0. The third kappa shape index (κ3) is 6.29. The van der Waals surface area contributed by atoms with Crippen molar-refractivity contribution in [3.63, 3.8) is 0 Å². The largest absolute Gasteiger partial charge is 0.493 e. The number of carbonyl (C=O) groups excluding carboxylic acids is 2. The molecule has 25 heavy (non-hydrogen) atoms. The van der Waals surface area contributed by atoms with Gasteiger partial charge in [-0.2, -0.15) is 0 Å². The fraction of sp³-hybridized carbons (Fsp3) is 0.222. The summed E-state index contributed by atoms with van der Waals surface area (Å²) >= 11 is 11.8. The lowest BCUT2D eigenvalue weighted by atomic mass is 10.2. The van der Waals surface area contributed by atoms with Crippen LogP contribution >= 0.6 is 23.2 Å². The highest BCUT2D eigenvalue weighted by Gasteiger charge is 2.09. The average molecular weight is 381 g/mol. The van der Waals surface area contributed by atoms with Crippen LogP contribution in [0.3, 0.4) is 0 Å². The van der Waals surface area contributed by atoms with Crippen LogP contribution in [0, 0.1) is 6.92 Å². The average Bonchev–Trinajstić information content (AvgIpc) is 2.58. The Balaban J connectivity index is 1.71. The molecule has 0 spiro atoms. The molecule has 0 saturated carbocycles. The zero-order valence-electron chi connectivity index (χ0n) is 13.6. The minimum absolute atomic E-state index is 0.152. The molecule has 0 atom stereocenters. The Hall–Kier alpha value is -2.24. The number of halogens is 2. The van der Waals surface area contributed by atoms with E-state index in [-0.39, 0.29) is 25.5 Å². The number of hydrogen-bond acceptors (Lipinski definition) is 3. The van der Waals surface area contributed by atoms with E-state index in [0.717, 1.165) is 11.3 Å². The van der Waals surface area contributed by atoms with Crippen molar-refractivity contribution in [3.8, 4) is 5.75 Å². The second kappa shape index (κ2) is 9.30. The number of para-hydroxylation sites is 1. The molecule has 0 saturated heterocycles. The van der Waals surface area contributed by atoms with Crippen LogP contribution in [0.1, 0.15) is 12.0 Å². The minimum Gasteiger partial charge on any atom is -0.493 e. The first-order valence-electron chi connectivity index (χ1n) is 7.66. The maximum absolute atomic E-state index is 11.9. The summed E-state index contributed by atoms with van der Waals surface area (Å²) in [5.41, 5.74) is 1.40. The monoisotopic (exact) mass is 380 g/mol. The van der Waals surface area contributed by atoms with E-state index in [1.165, 1.54) is 0 Å². The molecule has 0 aromatic heterocycles. The molecule has 132 valence electrons. The van der Waals surface area contributed by atoms with E-state index in [9.17, 15) is 9.59 Å². The SMILES string of the molecule is Cc1ccccc1OCCC(=O)NCC(=O)Nc1cc(Cl)ccc1Cl. The lowest BCUT2D eigenvalue weighted by Gasteiger charge is -2.10. The maximum atomic E-state index is 11.9. The van der Waals surface area contributed by atoms with E-state index in [1.54, 1.807) is 18.2 Å². The van der Waals surface area contributed by atoms with Gasteiger partial charge in [-0.05, 0) is 36.8 Å². The van der Waals surface area contributed by atoms with Crippen LogP contribution in [0.5, 0.6) is 5.75 Å². The number of anilines is 1. The molecule has 2 aromatic rings. The summed E-state index contributed by atoms with van der Waals surface area (Å²) in [4.78, 5) is 23.6. The fourth-order valence-corrected chi connectivity index (χ4v) is 2.36. The fourth-order valence-electron chi connectivity index (χ4n) is 2.03. The highest BCUT2D eigenvalue weighted by molar-refractivity contribution is 6.35. The molecule has 0 heterocycles. The molecular weight excluding hydrogens is 363 g/mol. The molecule has 5 nitrogen and oxygen atoms in total.